The quantitative estimate of drug-likeness (QED) is 0.205. The van der Waals surface area contributed by atoms with Gasteiger partial charge in [-0.1, -0.05) is 43.7 Å². The predicted octanol–water partition coefficient (Wildman–Crippen LogP) is 3.11. The van der Waals surface area contributed by atoms with Gasteiger partial charge in [0.25, 0.3) is 16.8 Å². The van der Waals surface area contributed by atoms with Gasteiger partial charge in [0.2, 0.25) is 5.91 Å². The molecular weight excluding hydrogens is 609 g/mol. The van der Waals surface area contributed by atoms with Crippen molar-refractivity contribution in [1.82, 2.24) is 24.5 Å². The van der Waals surface area contributed by atoms with E-state index in [2.05, 4.69) is 9.82 Å². The van der Waals surface area contributed by atoms with Crippen molar-refractivity contribution < 1.29 is 45.4 Å². The van der Waals surface area contributed by atoms with Crippen LogP contribution in [0, 0.1) is 18.8 Å². The van der Waals surface area contributed by atoms with Crippen LogP contribution >= 0.6 is 0 Å². The van der Waals surface area contributed by atoms with E-state index >= 15 is 0 Å². The van der Waals surface area contributed by atoms with Crippen molar-refractivity contribution in [3.8, 4) is 16.9 Å². The fraction of sp³-hybridized carbons (Fsp3) is 0.370. The van der Waals surface area contributed by atoms with Crippen LogP contribution in [-0.4, -0.2) is 59.9 Å². The number of carbonyl (C=O) groups excluding carboxylic acids is 2. The average Bonchev–Trinajstić information content (AvgIpc) is 3.34. The number of nitrogens with one attached hydrogen (secondary N) is 1. The molecule has 1 aliphatic heterocycles. The monoisotopic (exact) mass is 638 g/mol. The minimum absolute atomic E-state index is 0.120. The third-order valence-corrected chi connectivity index (χ3v) is 8.21. The first-order valence-corrected chi connectivity index (χ1v) is 15.0. The van der Waals surface area contributed by atoms with E-state index < -0.39 is 39.7 Å². The van der Waals surface area contributed by atoms with E-state index in [1.54, 1.807) is 43.1 Å². The highest BCUT2D eigenvalue weighted by Crippen LogP contribution is 2.33. The summed E-state index contributed by atoms with van der Waals surface area (Å²) in [5.41, 5.74) is 0.679. The van der Waals surface area contributed by atoms with Gasteiger partial charge in [-0.3, -0.25) is 14.6 Å². The van der Waals surface area contributed by atoms with Crippen LogP contribution in [0.1, 0.15) is 31.5 Å². The molecule has 1 fully saturated rings. The Kier molecular flexibility index (Phi) is 8.24. The highest BCUT2D eigenvalue weighted by atomic mass is 32.2. The van der Waals surface area contributed by atoms with Gasteiger partial charge in [0.1, 0.15) is 5.02 Å². The van der Waals surface area contributed by atoms with Crippen molar-refractivity contribution in [3.63, 3.8) is 0 Å². The first kappa shape index (κ1) is 30.8. The van der Waals surface area contributed by atoms with E-state index in [-0.39, 0.29) is 35.5 Å². The summed E-state index contributed by atoms with van der Waals surface area (Å²) in [5, 5.41) is 6.28. The van der Waals surface area contributed by atoms with Crippen molar-refractivity contribution in [2.75, 3.05) is 24.9 Å². The number of carbonyl (C=O) groups is 2. The second-order valence-electron chi connectivity index (χ2n) is 10.5. The molecular formula is C27H29F3N6O7S. The zero-order valence-corrected chi connectivity index (χ0v) is 24.6. The number of hydrogen-bond donors (Lipinski definition) is 1. The number of aromatic nitrogens is 4. The van der Waals surface area contributed by atoms with Crippen molar-refractivity contribution in [2.24, 2.45) is 11.8 Å². The van der Waals surface area contributed by atoms with Gasteiger partial charge in [-0.05, 0) is 43.7 Å². The van der Waals surface area contributed by atoms with E-state index in [1.165, 1.54) is 29.2 Å². The minimum Gasteiger partial charge on any atom is -0.425 e. The first-order valence-electron chi connectivity index (χ1n) is 13.5. The lowest BCUT2D eigenvalue weighted by atomic mass is 10.1. The molecule has 0 aliphatic carbocycles. The molecule has 44 heavy (non-hydrogen) atoms. The van der Waals surface area contributed by atoms with Gasteiger partial charge in [0.15, 0.2) is 5.69 Å². The first-order chi connectivity index (χ1) is 20.7. The van der Waals surface area contributed by atoms with Gasteiger partial charge in [-0.15, -0.1) is 0 Å². The summed E-state index contributed by atoms with van der Waals surface area (Å²) >= 11 is 0. The summed E-state index contributed by atoms with van der Waals surface area (Å²) in [6.07, 6.45) is -4.37. The maximum absolute atomic E-state index is 13.5. The molecule has 1 aliphatic rings. The molecule has 2 aromatic carbocycles. The summed E-state index contributed by atoms with van der Waals surface area (Å²) in [6, 6.07) is 12.8. The molecule has 17 heteroatoms. The Labute approximate surface area is 249 Å². The summed E-state index contributed by atoms with van der Waals surface area (Å²) in [5.74, 6) is -2.20. The minimum atomic E-state index is -4.69. The molecule has 1 saturated heterocycles. The topological polar surface area (TPSA) is 143 Å². The SMILES string of the molecule is Cc1ccc(-c2cc(C(F)(F)F)nn2-c2ccc(S(=O)(=O)NC(=O)C3CCN(n4on4OCOC(=O)C(C)C)C3)cc2)cc1. The molecule has 236 valence electrons. The highest BCUT2D eigenvalue weighted by Gasteiger charge is 2.36. The van der Waals surface area contributed by atoms with Crippen molar-refractivity contribution in [1.29, 1.82) is 0 Å². The van der Waals surface area contributed by atoms with E-state index in [4.69, 9.17) is 14.2 Å². The second-order valence-corrected chi connectivity index (χ2v) is 12.2. The average molecular weight is 639 g/mol. The predicted molar refractivity (Wildman–Crippen MR) is 147 cm³/mol. The zero-order chi connectivity index (χ0) is 31.8. The Hall–Kier alpha value is -4.67. The molecule has 0 bridgehead atoms. The van der Waals surface area contributed by atoms with Crippen LogP contribution in [0.15, 0.2) is 64.1 Å². The van der Waals surface area contributed by atoms with Gasteiger partial charge in [-0.25, -0.2) is 17.8 Å². The Bertz CT molecular complexity index is 1730. The second kappa shape index (κ2) is 11.8. The van der Waals surface area contributed by atoms with Crippen LogP contribution in [0.4, 0.5) is 13.2 Å². The number of ether oxygens (including phenoxy) is 1. The number of benzene rings is 2. The zero-order valence-electron chi connectivity index (χ0n) is 23.8. The number of rotatable bonds is 10. The number of aryl methyl sites for hydroxylation is 1. The van der Waals surface area contributed by atoms with E-state index in [0.717, 1.165) is 21.3 Å². The lowest BCUT2D eigenvalue weighted by Crippen LogP contribution is -2.38. The number of nitrogens with zero attached hydrogens (tertiary/aromatic N) is 5. The molecule has 1 amide bonds. The Morgan fingerprint density at radius 2 is 1.80 bits per heavy atom. The van der Waals surface area contributed by atoms with Gasteiger partial charge in [0.05, 0.1) is 34.7 Å². The summed E-state index contributed by atoms with van der Waals surface area (Å²) in [4.78, 5) is 30.4. The van der Waals surface area contributed by atoms with Crippen molar-refractivity contribution in [2.45, 2.75) is 38.3 Å². The van der Waals surface area contributed by atoms with E-state index in [1.807, 2.05) is 6.92 Å². The number of alkyl halides is 3. The number of amides is 1. The number of sulfonamides is 1. The standard InChI is InChI=1S/C27H29F3N6O7S/c1-17(2)26(38)41-16-42-36-35(43-36)33-13-12-20(15-33)25(37)32-44(39,40)22-10-8-21(9-11-22)34-23(14-24(31-34)27(28,29)30)19-6-4-18(3)5-7-19/h4-11,14,17,20H,12-13,15-16H2,1-3H3,(H,32,37). The summed E-state index contributed by atoms with van der Waals surface area (Å²) in [6.45, 7) is 5.29. The largest absolute Gasteiger partial charge is 0.435 e. The van der Waals surface area contributed by atoms with Gasteiger partial charge in [-0.2, -0.15) is 22.9 Å². The normalized spacial score (nSPS) is 15.6. The van der Waals surface area contributed by atoms with Gasteiger partial charge < -0.3 is 9.57 Å². The molecule has 4 aromatic rings. The van der Waals surface area contributed by atoms with E-state index in [0.29, 0.717) is 18.5 Å². The molecule has 3 heterocycles. The number of esters is 1. The maximum atomic E-state index is 13.5. The fourth-order valence-corrected chi connectivity index (χ4v) is 5.41. The van der Waals surface area contributed by atoms with Crippen LogP contribution < -0.4 is 14.6 Å². The number of hydrogen-bond acceptors (Lipinski definition) is 9. The smallest absolute Gasteiger partial charge is 0.425 e. The lowest BCUT2D eigenvalue weighted by molar-refractivity contribution is -0.163. The molecule has 0 radical (unpaired) electrons. The highest BCUT2D eigenvalue weighted by molar-refractivity contribution is 7.90. The van der Waals surface area contributed by atoms with Crippen LogP contribution in [0.25, 0.3) is 16.9 Å². The molecule has 1 unspecified atom stereocenters. The van der Waals surface area contributed by atoms with Crippen molar-refractivity contribution in [3.05, 3.63) is 65.9 Å². The van der Waals surface area contributed by atoms with E-state index in [9.17, 15) is 31.2 Å². The molecule has 0 spiro atoms. The molecule has 1 atom stereocenters. The summed E-state index contributed by atoms with van der Waals surface area (Å²) in [7, 11) is -4.30. The molecule has 13 nitrogen and oxygen atoms in total. The Morgan fingerprint density at radius 3 is 2.43 bits per heavy atom. The van der Waals surface area contributed by atoms with Gasteiger partial charge >= 0.3 is 12.1 Å². The van der Waals surface area contributed by atoms with Crippen molar-refractivity contribution >= 4 is 21.9 Å². The number of halogens is 3. The third-order valence-electron chi connectivity index (χ3n) is 6.85. The lowest BCUT2D eigenvalue weighted by Gasteiger charge is -2.13. The van der Waals surface area contributed by atoms with Gasteiger partial charge in [0, 0.05) is 17.1 Å². The Morgan fingerprint density at radius 1 is 1.11 bits per heavy atom. The van der Waals surface area contributed by atoms with Crippen LogP contribution in [0.5, 0.6) is 0 Å². The molecule has 5 rings (SSSR count). The maximum Gasteiger partial charge on any atom is 0.435 e. The molecule has 0 saturated carbocycles. The van der Waals surface area contributed by atoms with Crippen LogP contribution in [0.3, 0.4) is 0 Å². The molecule has 1 N–H and O–H groups in total. The molecule has 2 aromatic heterocycles. The van der Waals surface area contributed by atoms with Crippen LogP contribution in [-0.2, 0) is 30.5 Å². The van der Waals surface area contributed by atoms with Crippen LogP contribution in [0.2, 0.25) is 0 Å². The fourth-order valence-electron chi connectivity index (χ4n) is 4.37. The summed E-state index contributed by atoms with van der Waals surface area (Å²) < 4.78 is 79.6. The third kappa shape index (κ3) is 6.77. The Balaban J connectivity index is 1.23.